The number of nitrogens with zero attached hydrogens (tertiary/aromatic N) is 1. The van der Waals surface area contributed by atoms with E-state index in [-0.39, 0.29) is 0 Å². The van der Waals surface area contributed by atoms with Gasteiger partial charge < -0.3 is 0 Å². The maximum atomic E-state index is 5.91. The van der Waals surface area contributed by atoms with Crippen LogP contribution in [-0.2, 0) is 0 Å². The van der Waals surface area contributed by atoms with Gasteiger partial charge in [-0.25, -0.2) is 4.98 Å². The first-order valence-corrected chi connectivity index (χ1v) is 6.04. The van der Waals surface area contributed by atoms with Crippen molar-refractivity contribution in [3.8, 4) is 10.6 Å². The summed E-state index contributed by atoms with van der Waals surface area (Å²) in [5.74, 6) is 0. The Morgan fingerprint density at radius 2 is 2.21 bits per heavy atom. The van der Waals surface area contributed by atoms with E-state index in [9.17, 15) is 0 Å². The molecule has 2 rings (SSSR count). The molecule has 4 heteroatoms. The molecular weight excluding hydrogens is 282 g/mol. The molecule has 0 atom stereocenters. The number of hydrogen-bond donors (Lipinski definition) is 0. The molecule has 14 heavy (non-hydrogen) atoms. The van der Waals surface area contributed by atoms with Gasteiger partial charge in [0.05, 0.1) is 9.48 Å². The van der Waals surface area contributed by atoms with Gasteiger partial charge in [-0.15, -0.1) is 11.3 Å². The van der Waals surface area contributed by atoms with Crippen LogP contribution >= 0.6 is 38.9 Å². The van der Waals surface area contributed by atoms with Crippen LogP contribution in [0.2, 0.25) is 5.02 Å². The molecule has 1 heterocycles. The molecule has 0 saturated carbocycles. The van der Waals surface area contributed by atoms with Gasteiger partial charge in [0.25, 0.3) is 0 Å². The van der Waals surface area contributed by atoms with Crippen LogP contribution in [-0.4, -0.2) is 4.98 Å². The Bertz CT molecular complexity index is 447. The first-order chi connectivity index (χ1) is 6.66. The van der Waals surface area contributed by atoms with Crippen molar-refractivity contribution in [3.05, 3.63) is 38.8 Å². The van der Waals surface area contributed by atoms with Crippen LogP contribution < -0.4 is 0 Å². The molecule has 1 nitrogen and oxygen atoms in total. The summed E-state index contributed by atoms with van der Waals surface area (Å²) >= 11 is 11.0. The van der Waals surface area contributed by atoms with Crippen molar-refractivity contribution in [1.29, 1.82) is 0 Å². The van der Waals surface area contributed by atoms with Crippen LogP contribution in [0, 0.1) is 6.92 Å². The van der Waals surface area contributed by atoms with Gasteiger partial charge in [-0.1, -0.05) is 23.7 Å². The summed E-state index contributed by atoms with van der Waals surface area (Å²) in [4.78, 5) is 4.43. The van der Waals surface area contributed by atoms with Crippen LogP contribution in [0.4, 0.5) is 0 Å². The molecule has 0 fully saturated rings. The maximum Gasteiger partial charge on any atom is 0.124 e. The fraction of sp³-hybridized carbons (Fsp3) is 0.100. The third-order valence-electron chi connectivity index (χ3n) is 1.81. The maximum absolute atomic E-state index is 5.91. The zero-order valence-corrected chi connectivity index (χ0v) is 10.6. The summed E-state index contributed by atoms with van der Waals surface area (Å²) in [7, 11) is 0. The highest BCUT2D eigenvalue weighted by Crippen LogP contribution is 2.32. The topological polar surface area (TPSA) is 12.9 Å². The molecule has 0 N–H and O–H groups in total. The number of aromatic nitrogens is 1. The van der Waals surface area contributed by atoms with Gasteiger partial charge in [-0.05, 0) is 35.0 Å². The molecule has 0 aliphatic heterocycles. The second-order valence-corrected chi connectivity index (χ2v) is 5.64. The van der Waals surface area contributed by atoms with Gasteiger partial charge in [0, 0.05) is 10.6 Å². The molecular formula is C10H7BrClNS. The Morgan fingerprint density at radius 1 is 1.43 bits per heavy atom. The lowest BCUT2D eigenvalue weighted by Crippen LogP contribution is -1.76. The molecule has 2 aromatic rings. The van der Waals surface area contributed by atoms with Gasteiger partial charge >= 0.3 is 0 Å². The normalized spacial score (nSPS) is 10.5. The molecule has 0 aliphatic rings. The minimum atomic E-state index is 0.742. The van der Waals surface area contributed by atoms with E-state index in [2.05, 4.69) is 20.9 Å². The van der Waals surface area contributed by atoms with E-state index in [0.717, 1.165) is 25.1 Å². The third-order valence-corrected chi connectivity index (χ3v) is 4.10. The van der Waals surface area contributed by atoms with Crippen LogP contribution in [0.1, 0.15) is 5.69 Å². The lowest BCUT2D eigenvalue weighted by atomic mass is 10.2. The molecule has 72 valence electrons. The summed E-state index contributed by atoms with van der Waals surface area (Å²) in [6.45, 7) is 1.98. The third kappa shape index (κ3) is 2.00. The van der Waals surface area contributed by atoms with Crippen molar-refractivity contribution in [3.63, 3.8) is 0 Å². The average Bonchev–Trinajstić information content (AvgIpc) is 2.47. The first-order valence-electron chi connectivity index (χ1n) is 4.05. The Balaban J connectivity index is 2.49. The lowest BCUT2D eigenvalue weighted by molar-refractivity contribution is 1.26. The Labute approximate surface area is 99.9 Å². The van der Waals surface area contributed by atoms with Crippen molar-refractivity contribution in [2.75, 3.05) is 0 Å². The van der Waals surface area contributed by atoms with Crippen molar-refractivity contribution in [2.45, 2.75) is 6.92 Å². The number of rotatable bonds is 1. The van der Waals surface area contributed by atoms with Gasteiger partial charge in [0.1, 0.15) is 5.01 Å². The van der Waals surface area contributed by atoms with E-state index in [1.165, 1.54) is 0 Å². The van der Waals surface area contributed by atoms with Crippen molar-refractivity contribution >= 4 is 38.9 Å². The minimum absolute atomic E-state index is 0.742. The highest BCUT2D eigenvalue weighted by atomic mass is 79.9. The Morgan fingerprint density at radius 3 is 2.79 bits per heavy atom. The first kappa shape index (κ1) is 10.1. The molecule has 0 unspecified atom stereocenters. The van der Waals surface area contributed by atoms with E-state index in [1.54, 1.807) is 11.3 Å². The zero-order valence-electron chi connectivity index (χ0n) is 7.42. The van der Waals surface area contributed by atoms with Gasteiger partial charge in [-0.3, -0.25) is 0 Å². The van der Waals surface area contributed by atoms with Crippen LogP contribution in [0.15, 0.2) is 28.1 Å². The largest absolute Gasteiger partial charge is 0.240 e. The number of benzene rings is 1. The van der Waals surface area contributed by atoms with Gasteiger partial charge in [-0.2, -0.15) is 0 Å². The van der Waals surface area contributed by atoms with E-state index < -0.39 is 0 Å². The summed E-state index contributed by atoms with van der Waals surface area (Å²) in [6.07, 6.45) is 0. The van der Waals surface area contributed by atoms with Gasteiger partial charge in [0.2, 0.25) is 0 Å². The zero-order chi connectivity index (χ0) is 10.1. The van der Waals surface area contributed by atoms with E-state index in [1.807, 2.05) is 31.2 Å². The summed E-state index contributed by atoms with van der Waals surface area (Å²) in [5.41, 5.74) is 2.08. The highest BCUT2D eigenvalue weighted by molar-refractivity contribution is 9.11. The fourth-order valence-electron chi connectivity index (χ4n) is 1.12. The molecule has 0 radical (unpaired) electrons. The summed E-state index contributed by atoms with van der Waals surface area (Å²) in [6, 6.07) is 7.73. The standard InChI is InChI=1S/C10H7BrClNS/c1-6-9(11)14-10(13-6)7-3-2-4-8(12)5-7/h2-5H,1H3. The number of aryl methyl sites for hydroxylation is 1. The van der Waals surface area contributed by atoms with Crippen molar-refractivity contribution < 1.29 is 0 Å². The lowest BCUT2D eigenvalue weighted by Gasteiger charge is -1.95. The van der Waals surface area contributed by atoms with Crippen molar-refractivity contribution in [2.24, 2.45) is 0 Å². The molecule has 0 aliphatic carbocycles. The summed E-state index contributed by atoms with van der Waals surface area (Å²) < 4.78 is 1.08. The molecule has 0 bridgehead atoms. The van der Waals surface area contributed by atoms with Crippen LogP contribution in [0.3, 0.4) is 0 Å². The van der Waals surface area contributed by atoms with E-state index in [4.69, 9.17) is 11.6 Å². The highest BCUT2D eigenvalue weighted by Gasteiger charge is 2.06. The smallest absolute Gasteiger partial charge is 0.124 e. The molecule has 0 amide bonds. The van der Waals surface area contributed by atoms with Gasteiger partial charge in [0.15, 0.2) is 0 Å². The van der Waals surface area contributed by atoms with Crippen LogP contribution in [0.5, 0.6) is 0 Å². The summed E-state index contributed by atoms with van der Waals surface area (Å²) in [5, 5.41) is 1.74. The van der Waals surface area contributed by atoms with E-state index >= 15 is 0 Å². The Kier molecular flexibility index (Phi) is 2.91. The molecule has 1 aromatic heterocycles. The van der Waals surface area contributed by atoms with E-state index in [0.29, 0.717) is 0 Å². The Hall–Kier alpha value is -0.380. The average molecular weight is 289 g/mol. The number of hydrogen-bond acceptors (Lipinski definition) is 2. The van der Waals surface area contributed by atoms with Crippen molar-refractivity contribution in [1.82, 2.24) is 4.98 Å². The monoisotopic (exact) mass is 287 g/mol. The predicted octanol–water partition coefficient (Wildman–Crippen LogP) is 4.53. The minimum Gasteiger partial charge on any atom is -0.240 e. The second kappa shape index (κ2) is 4.01. The van der Waals surface area contributed by atoms with Crippen LogP contribution in [0.25, 0.3) is 10.6 Å². The molecule has 0 saturated heterocycles. The second-order valence-electron chi connectivity index (χ2n) is 2.89. The number of thiazole rings is 1. The SMILES string of the molecule is Cc1nc(-c2cccc(Cl)c2)sc1Br. The quantitative estimate of drug-likeness (QED) is 0.751. The number of halogens is 2. The molecule has 1 aromatic carbocycles. The fourth-order valence-corrected chi connectivity index (χ4v) is 2.65. The molecule has 0 spiro atoms. The predicted molar refractivity (Wildman–Crippen MR) is 65.0 cm³/mol.